The third-order valence-corrected chi connectivity index (χ3v) is 10.5. The molecule has 37 heavy (non-hydrogen) atoms. The predicted molar refractivity (Wildman–Crippen MR) is 150 cm³/mol. The average Bonchev–Trinajstić information content (AvgIpc) is 3.40. The second kappa shape index (κ2) is 13.5. The second-order valence-corrected chi connectivity index (χ2v) is 13.0. The van der Waals surface area contributed by atoms with Gasteiger partial charge in [0.15, 0.2) is 0 Å². The van der Waals surface area contributed by atoms with Crippen LogP contribution >= 0.6 is 0 Å². The van der Waals surface area contributed by atoms with E-state index in [9.17, 15) is 9.00 Å². The molecule has 208 valence electrons. The van der Waals surface area contributed by atoms with Gasteiger partial charge in [0.2, 0.25) is 5.91 Å². The summed E-state index contributed by atoms with van der Waals surface area (Å²) >= 11 is 0. The van der Waals surface area contributed by atoms with Gasteiger partial charge in [-0.15, -0.1) is 0 Å². The largest absolute Gasteiger partial charge is 0.497 e. The summed E-state index contributed by atoms with van der Waals surface area (Å²) in [5, 5.41) is 3.26. The van der Waals surface area contributed by atoms with E-state index in [2.05, 4.69) is 15.1 Å². The van der Waals surface area contributed by atoms with Gasteiger partial charge in [0.05, 0.1) is 12.0 Å². The monoisotopic (exact) mass is 532 g/mol. The summed E-state index contributed by atoms with van der Waals surface area (Å²) in [7, 11) is 2.16. The van der Waals surface area contributed by atoms with Crippen molar-refractivity contribution < 1.29 is 13.7 Å². The Morgan fingerprint density at radius 2 is 1.65 bits per heavy atom. The zero-order chi connectivity index (χ0) is 26.4. The van der Waals surface area contributed by atoms with Gasteiger partial charge in [-0.1, -0.05) is 0 Å². The molecular formula is C29H48N4O3S. The first kappa shape index (κ1) is 28.5. The fourth-order valence-electron chi connectivity index (χ4n) is 6.52. The Labute approximate surface area is 226 Å². The van der Waals surface area contributed by atoms with E-state index in [1.54, 1.807) is 11.4 Å². The molecule has 2 aliphatic heterocycles. The van der Waals surface area contributed by atoms with Crippen molar-refractivity contribution in [3.63, 3.8) is 0 Å². The Balaban J connectivity index is 1.14. The Kier molecular flexibility index (Phi) is 10.4. The summed E-state index contributed by atoms with van der Waals surface area (Å²) in [6.07, 6.45) is 10.3. The van der Waals surface area contributed by atoms with Crippen LogP contribution in [0, 0.1) is 19.8 Å². The summed E-state index contributed by atoms with van der Waals surface area (Å²) in [5.74, 6) is 1.72. The fourth-order valence-corrected chi connectivity index (χ4v) is 7.76. The molecule has 0 spiro atoms. The lowest BCUT2D eigenvalue weighted by molar-refractivity contribution is -0.122. The molecule has 1 aromatic rings. The van der Waals surface area contributed by atoms with E-state index in [4.69, 9.17) is 4.74 Å². The third kappa shape index (κ3) is 7.78. The Morgan fingerprint density at radius 3 is 2.24 bits per heavy atom. The quantitative estimate of drug-likeness (QED) is 0.495. The molecule has 2 heterocycles. The molecule has 1 atom stereocenters. The number of rotatable bonds is 10. The van der Waals surface area contributed by atoms with Gasteiger partial charge >= 0.3 is 0 Å². The van der Waals surface area contributed by atoms with Crippen molar-refractivity contribution in [2.24, 2.45) is 5.92 Å². The van der Waals surface area contributed by atoms with Gasteiger partial charge in [0.1, 0.15) is 16.7 Å². The molecule has 1 N–H and O–H groups in total. The highest BCUT2D eigenvalue weighted by molar-refractivity contribution is 7.82. The normalized spacial score (nSPS) is 24.9. The molecule has 0 radical (unpaired) electrons. The molecule has 1 aromatic carbocycles. The molecule has 1 saturated carbocycles. The van der Waals surface area contributed by atoms with Crippen molar-refractivity contribution >= 4 is 16.9 Å². The number of amides is 1. The number of hydrogen-bond acceptors (Lipinski definition) is 5. The highest BCUT2D eigenvalue weighted by Crippen LogP contribution is 2.29. The standard InChI is InChI=1S/C29H48N4O3S/c1-22-19-27(36-4)20-23(2)29(22)37(35)31(3)16-13-28(34)30-25-7-9-26(10-8-25)33-17-11-24(12-18-33)21-32-14-5-6-15-32/h19-20,24-26H,5-18,21H2,1-4H3,(H,30,34). The molecule has 7 nitrogen and oxygen atoms in total. The van der Waals surface area contributed by atoms with Gasteiger partial charge in [-0.25, -0.2) is 8.51 Å². The van der Waals surface area contributed by atoms with Gasteiger partial charge in [0, 0.05) is 38.6 Å². The summed E-state index contributed by atoms with van der Waals surface area (Å²) < 4.78 is 20.2. The van der Waals surface area contributed by atoms with Crippen LogP contribution in [0.2, 0.25) is 0 Å². The number of nitrogens with zero attached hydrogens (tertiary/aromatic N) is 3. The second-order valence-electron chi connectivity index (χ2n) is 11.5. The number of ether oxygens (including phenoxy) is 1. The summed E-state index contributed by atoms with van der Waals surface area (Å²) in [6, 6.07) is 4.78. The van der Waals surface area contributed by atoms with E-state index in [-0.39, 0.29) is 11.9 Å². The average molecular weight is 533 g/mol. The van der Waals surface area contributed by atoms with Crippen molar-refractivity contribution in [3.8, 4) is 5.75 Å². The molecule has 1 aliphatic carbocycles. The van der Waals surface area contributed by atoms with Crippen molar-refractivity contribution in [1.29, 1.82) is 0 Å². The topological polar surface area (TPSA) is 65.1 Å². The zero-order valence-electron chi connectivity index (χ0n) is 23.5. The van der Waals surface area contributed by atoms with E-state index in [1.807, 2.05) is 33.0 Å². The molecule has 3 fully saturated rings. The summed E-state index contributed by atoms with van der Waals surface area (Å²) in [5.41, 5.74) is 1.89. The Morgan fingerprint density at radius 1 is 1.03 bits per heavy atom. The minimum absolute atomic E-state index is 0.0678. The maximum atomic E-state index is 13.1. The Bertz CT molecular complexity index is 897. The van der Waals surface area contributed by atoms with E-state index >= 15 is 0 Å². The van der Waals surface area contributed by atoms with Crippen LogP contribution in [-0.4, -0.2) is 89.7 Å². The maximum absolute atomic E-state index is 13.1. The molecule has 0 aromatic heterocycles. The summed E-state index contributed by atoms with van der Waals surface area (Å²) in [4.78, 5) is 18.9. The van der Waals surface area contributed by atoms with E-state index in [0.29, 0.717) is 19.0 Å². The van der Waals surface area contributed by atoms with Crippen LogP contribution in [0.25, 0.3) is 0 Å². The number of piperidine rings is 1. The van der Waals surface area contributed by atoms with Crippen molar-refractivity contribution in [3.05, 3.63) is 23.3 Å². The van der Waals surface area contributed by atoms with E-state index in [0.717, 1.165) is 40.5 Å². The molecular weight excluding hydrogens is 484 g/mol. The first-order valence-corrected chi connectivity index (χ1v) is 15.5. The lowest BCUT2D eigenvalue weighted by Crippen LogP contribution is -2.47. The van der Waals surface area contributed by atoms with Gasteiger partial charge in [-0.3, -0.25) is 4.79 Å². The molecule has 1 unspecified atom stereocenters. The van der Waals surface area contributed by atoms with Crippen LogP contribution in [-0.2, 0) is 15.8 Å². The number of methoxy groups -OCH3 is 1. The summed E-state index contributed by atoms with van der Waals surface area (Å²) in [6.45, 7) is 10.8. The van der Waals surface area contributed by atoms with Crippen LogP contribution in [0.4, 0.5) is 0 Å². The van der Waals surface area contributed by atoms with E-state index < -0.39 is 11.0 Å². The van der Waals surface area contributed by atoms with Crippen LogP contribution < -0.4 is 10.1 Å². The molecule has 4 rings (SSSR count). The first-order chi connectivity index (χ1) is 17.8. The zero-order valence-corrected chi connectivity index (χ0v) is 24.3. The Hall–Kier alpha value is -1.48. The lowest BCUT2D eigenvalue weighted by atomic mass is 9.87. The van der Waals surface area contributed by atoms with Crippen LogP contribution in [0.15, 0.2) is 17.0 Å². The number of aryl methyl sites for hydroxylation is 2. The number of carbonyl (C=O) groups is 1. The van der Waals surface area contributed by atoms with Crippen molar-refractivity contribution in [1.82, 2.24) is 19.4 Å². The molecule has 0 bridgehead atoms. The van der Waals surface area contributed by atoms with Crippen molar-refractivity contribution in [2.45, 2.75) is 88.6 Å². The van der Waals surface area contributed by atoms with Gasteiger partial charge < -0.3 is 19.9 Å². The molecule has 2 saturated heterocycles. The third-order valence-electron chi connectivity index (χ3n) is 8.72. The minimum Gasteiger partial charge on any atom is -0.497 e. The minimum atomic E-state index is -1.31. The van der Waals surface area contributed by atoms with Crippen LogP contribution in [0.3, 0.4) is 0 Å². The number of benzene rings is 1. The predicted octanol–water partition coefficient (Wildman–Crippen LogP) is 3.89. The van der Waals surface area contributed by atoms with Gasteiger partial charge in [-0.2, -0.15) is 0 Å². The number of nitrogens with one attached hydrogen (secondary N) is 1. The maximum Gasteiger partial charge on any atom is 0.221 e. The lowest BCUT2D eigenvalue weighted by Gasteiger charge is -2.41. The number of likely N-dealkylation sites (tertiary alicyclic amines) is 2. The van der Waals surface area contributed by atoms with Crippen LogP contribution in [0.5, 0.6) is 5.75 Å². The van der Waals surface area contributed by atoms with Gasteiger partial charge in [0.25, 0.3) is 0 Å². The van der Waals surface area contributed by atoms with E-state index in [1.165, 1.54) is 71.2 Å². The molecule has 1 amide bonds. The number of hydrogen-bond donors (Lipinski definition) is 1. The van der Waals surface area contributed by atoms with Crippen molar-refractivity contribution in [2.75, 3.05) is 53.4 Å². The fraction of sp³-hybridized carbons (Fsp3) is 0.759. The highest BCUT2D eigenvalue weighted by Gasteiger charge is 2.30. The molecule has 8 heteroatoms. The molecule has 3 aliphatic rings. The SMILES string of the molecule is COc1cc(C)c(S(=O)N(C)CCC(=O)NC2CCC(N3CCC(CN4CCCC4)CC3)CC2)c(C)c1. The smallest absolute Gasteiger partial charge is 0.221 e. The van der Waals surface area contributed by atoms with Gasteiger partial charge in [-0.05, 0) is 121 Å². The van der Waals surface area contributed by atoms with Crippen LogP contribution in [0.1, 0.15) is 68.9 Å². The number of carbonyl (C=O) groups excluding carboxylic acids is 1. The highest BCUT2D eigenvalue weighted by atomic mass is 32.2. The first-order valence-electron chi connectivity index (χ1n) is 14.4.